The summed E-state index contributed by atoms with van der Waals surface area (Å²) in [5.41, 5.74) is 3.48. The lowest BCUT2D eigenvalue weighted by Crippen LogP contribution is -2.22. The summed E-state index contributed by atoms with van der Waals surface area (Å²) in [6.45, 7) is 6.92. The number of rotatable bonds is 10. The number of esters is 2. The molecular weight excluding hydrogens is 424 g/mol. The number of aryl methyl sites for hydroxylation is 2. The third-order valence-corrected chi connectivity index (χ3v) is 4.64. The molecule has 0 aliphatic rings. The predicted octanol–water partition coefficient (Wildman–Crippen LogP) is 4.16. The molecule has 2 N–H and O–H groups in total. The van der Waals surface area contributed by atoms with Crippen molar-refractivity contribution in [2.45, 2.75) is 53.1 Å². The van der Waals surface area contributed by atoms with E-state index in [-0.39, 0.29) is 37.9 Å². The average Bonchev–Trinajstić information content (AvgIpc) is 2.75. The first-order valence-electron chi connectivity index (χ1n) is 10.8. The normalized spacial score (nSPS) is 10.5. The highest BCUT2D eigenvalue weighted by atomic mass is 16.5. The zero-order valence-corrected chi connectivity index (χ0v) is 19.4. The van der Waals surface area contributed by atoms with Crippen LogP contribution in [0.2, 0.25) is 0 Å². The Morgan fingerprint density at radius 2 is 1.48 bits per heavy atom. The molecule has 0 saturated carbocycles. The first-order chi connectivity index (χ1) is 15.7. The monoisotopic (exact) mass is 454 g/mol. The van der Waals surface area contributed by atoms with Gasteiger partial charge in [0.1, 0.15) is 0 Å². The fourth-order valence-corrected chi connectivity index (χ4v) is 2.99. The maximum atomic E-state index is 12.1. The standard InChI is InChI=1S/C25H30N2O6/c1-16(2)33-25(31)19-11-13-20(14-12-19)26-21(28)9-6-10-23(30)32-15-22(29)27-24-17(3)7-5-8-18(24)4/h5,7-8,11-14,16H,6,9-10,15H2,1-4H3,(H,26,28)(H,27,29). The van der Waals surface area contributed by atoms with Crippen LogP contribution in [0.5, 0.6) is 0 Å². The first kappa shape index (κ1) is 25.6. The minimum Gasteiger partial charge on any atom is -0.459 e. The summed E-state index contributed by atoms with van der Waals surface area (Å²) in [7, 11) is 0. The Labute approximate surface area is 193 Å². The summed E-state index contributed by atoms with van der Waals surface area (Å²) in [6, 6.07) is 12.0. The quantitative estimate of drug-likeness (QED) is 0.522. The average molecular weight is 455 g/mol. The van der Waals surface area contributed by atoms with Gasteiger partial charge >= 0.3 is 11.9 Å². The van der Waals surface area contributed by atoms with Crippen LogP contribution in [0, 0.1) is 13.8 Å². The van der Waals surface area contributed by atoms with Crippen LogP contribution < -0.4 is 10.6 Å². The highest BCUT2D eigenvalue weighted by molar-refractivity contribution is 5.94. The van der Waals surface area contributed by atoms with Crippen molar-refractivity contribution in [3.8, 4) is 0 Å². The van der Waals surface area contributed by atoms with Crippen molar-refractivity contribution in [3.63, 3.8) is 0 Å². The van der Waals surface area contributed by atoms with Crippen LogP contribution >= 0.6 is 0 Å². The number of benzene rings is 2. The highest BCUT2D eigenvalue weighted by Crippen LogP contribution is 2.19. The molecule has 8 heteroatoms. The summed E-state index contributed by atoms with van der Waals surface area (Å²) in [6.07, 6.45) is 0.197. The molecule has 0 bridgehead atoms. The van der Waals surface area contributed by atoms with Gasteiger partial charge in [0.05, 0.1) is 11.7 Å². The third kappa shape index (κ3) is 8.76. The molecule has 2 amide bonds. The second-order valence-corrected chi connectivity index (χ2v) is 7.91. The lowest BCUT2D eigenvalue weighted by Gasteiger charge is -2.11. The van der Waals surface area contributed by atoms with E-state index in [2.05, 4.69) is 10.6 Å². The number of hydrogen-bond donors (Lipinski definition) is 2. The number of para-hydroxylation sites is 1. The molecule has 0 heterocycles. The highest BCUT2D eigenvalue weighted by Gasteiger charge is 2.12. The van der Waals surface area contributed by atoms with E-state index >= 15 is 0 Å². The van der Waals surface area contributed by atoms with Crippen LogP contribution in [-0.4, -0.2) is 36.5 Å². The Morgan fingerprint density at radius 1 is 0.848 bits per heavy atom. The van der Waals surface area contributed by atoms with Gasteiger partial charge in [-0.25, -0.2) is 4.79 Å². The van der Waals surface area contributed by atoms with Gasteiger partial charge in [-0.3, -0.25) is 14.4 Å². The SMILES string of the molecule is Cc1cccc(C)c1NC(=O)COC(=O)CCCC(=O)Nc1ccc(C(=O)OC(C)C)cc1. The molecule has 0 atom stereocenters. The molecular formula is C25H30N2O6. The molecule has 0 fully saturated rings. The van der Waals surface area contributed by atoms with E-state index < -0.39 is 17.8 Å². The Kier molecular flexibility index (Phi) is 9.60. The third-order valence-electron chi connectivity index (χ3n) is 4.64. The van der Waals surface area contributed by atoms with Gasteiger partial charge in [0.25, 0.3) is 5.91 Å². The van der Waals surface area contributed by atoms with E-state index in [0.717, 1.165) is 11.1 Å². The van der Waals surface area contributed by atoms with Crippen molar-refractivity contribution in [2.75, 3.05) is 17.2 Å². The Hall–Kier alpha value is -3.68. The van der Waals surface area contributed by atoms with E-state index in [1.165, 1.54) is 0 Å². The number of ether oxygens (including phenoxy) is 2. The van der Waals surface area contributed by atoms with E-state index in [1.807, 2.05) is 32.0 Å². The summed E-state index contributed by atoms with van der Waals surface area (Å²) < 4.78 is 10.1. The van der Waals surface area contributed by atoms with Gasteiger partial charge in [-0.2, -0.15) is 0 Å². The lowest BCUT2D eigenvalue weighted by atomic mass is 10.1. The predicted molar refractivity (Wildman–Crippen MR) is 125 cm³/mol. The zero-order valence-electron chi connectivity index (χ0n) is 19.4. The molecule has 2 aromatic rings. The molecule has 0 aromatic heterocycles. The minimum absolute atomic E-state index is 0.0179. The largest absolute Gasteiger partial charge is 0.459 e. The smallest absolute Gasteiger partial charge is 0.338 e. The van der Waals surface area contributed by atoms with Gasteiger partial charge in [-0.15, -0.1) is 0 Å². The lowest BCUT2D eigenvalue weighted by molar-refractivity contribution is -0.147. The molecule has 0 saturated heterocycles. The molecule has 0 aliphatic carbocycles. The fraction of sp³-hybridized carbons (Fsp3) is 0.360. The van der Waals surface area contributed by atoms with Gasteiger partial charge in [-0.1, -0.05) is 18.2 Å². The summed E-state index contributed by atoms with van der Waals surface area (Å²) in [5.74, 6) is -1.66. The maximum absolute atomic E-state index is 12.1. The van der Waals surface area contributed by atoms with Crippen molar-refractivity contribution < 1.29 is 28.7 Å². The van der Waals surface area contributed by atoms with Gasteiger partial charge < -0.3 is 20.1 Å². The minimum atomic E-state index is -0.549. The molecule has 0 aliphatic heterocycles. The molecule has 2 aromatic carbocycles. The molecule has 176 valence electrons. The van der Waals surface area contributed by atoms with Gasteiger partial charge in [0.2, 0.25) is 5.91 Å². The van der Waals surface area contributed by atoms with Crippen LogP contribution in [0.4, 0.5) is 11.4 Å². The van der Waals surface area contributed by atoms with Gasteiger partial charge in [0.15, 0.2) is 6.61 Å². The van der Waals surface area contributed by atoms with Gasteiger partial charge in [-0.05, 0) is 69.5 Å². The van der Waals surface area contributed by atoms with E-state index in [0.29, 0.717) is 16.9 Å². The number of anilines is 2. The van der Waals surface area contributed by atoms with Crippen molar-refractivity contribution in [1.29, 1.82) is 0 Å². The summed E-state index contributed by atoms with van der Waals surface area (Å²) in [5, 5.41) is 5.45. The number of nitrogens with one attached hydrogen (secondary N) is 2. The Balaban J connectivity index is 1.68. The fourth-order valence-electron chi connectivity index (χ4n) is 2.99. The molecule has 8 nitrogen and oxygen atoms in total. The van der Waals surface area contributed by atoms with Crippen LogP contribution in [0.1, 0.15) is 54.6 Å². The molecule has 0 radical (unpaired) electrons. The van der Waals surface area contributed by atoms with Crippen LogP contribution in [-0.2, 0) is 23.9 Å². The number of carbonyl (C=O) groups is 4. The van der Waals surface area contributed by atoms with E-state index in [4.69, 9.17) is 9.47 Å². The van der Waals surface area contributed by atoms with Crippen molar-refractivity contribution in [2.24, 2.45) is 0 Å². The van der Waals surface area contributed by atoms with Crippen molar-refractivity contribution >= 4 is 35.1 Å². The molecule has 0 unspecified atom stereocenters. The van der Waals surface area contributed by atoms with Crippen molar-refractivity contribution in [3.05, 3.63) is 59.2 Å². The number of carbonyl (C=O) groups excluding carboxylic acids is 4. The second kappa shape index (κ2) is 12.4. The maximum Gasteiger partial charge on any atom is 0.338 e. The molecule has 33 heavy (non-hydrogen) atoms. The summed E-state index contributed by atoms with van der Waals surface area (Å²) >= 11 is 0. The second-order valence-electron chi connectivity index (χ2n) is 7.91. The van der Waals surface area contributed by atoms with Crippen LogP contribution in [0.25, 0.3) is 0 Å². The molecule has 2 rings (SSSR count). The summed E-state index contributed by atoms with van der Waals surface area (Å²) in [4.78, 5) is 47.8. The first-order valence-corrected chi connectivity index (χ1v) is 10.8. The number of amides is 2. The topological polar surface area (TPSA) is 111 Å². The Bertz CT molecular complexity index is 978. The van der Waals surface area contributed by atoms with Crippen LogP contribution in [0.15, 0.2) is 42.5 Å². The van der Waals surface area contributed by atoms with Crippen molar-refractivity contribution in [1.82, 2.24) is 0 Å². The number of hydrogen-bond acceptors (Lipinski definition) is 6. The van der Waals surface area contributed by atoms with E-state index in [1.54, 1.807) is 38.1 Å². The van der Waals surface area contributed by atoms with Gasteiger partial charge in [0, 0.05) is 24.2 Å². The Morgan fingerprint density at radius 3 is 2.09 bits per heavy atom. The molecule has 0 spiro atoms. The zero-order chi connectivity index (χ0) is 24.4. The van der Waals surface area contributed by atoms with E-state index in [9.17, 15) is 19.2 Å². The van der Waals surface area contributed by atoms with Crippen LogP contribution in [0.3, 0.4) is 0 Å².